The molecule has 1 aliphatic heterocycles. The van der Waals surface area contributed by atoms with Crippen LogP contribution in [0.2, 0.25) is 5.02 Å². The number of hydrogen-bond acceptors (Lipinski definition) is 3. The summed E-state index contributed by atoms with van der Waals surface area (Å²) in [6.07, 6.45) is 4.20. The predicted molar refractivity (Wildman–Crippen MR) is 196 cm³/mol. The van der Waals surface area contributed by atoms with E-state index in [-0.39, 0.29) is 0 Å². The number of halogens is 1. The maximum atomic E-state index is 6.32. The second kappa shape index (κ2) is 13.8. The molecule has 0 N–H and O–H groups in total. The Balaban J connectivity index is 1.17. The first kappa shape index (κ1) is 32.0. The van der Waals surface area contributed by atoms with Gasteiger partial charge in [0.1, 0.15) is 0 Å². The van der Waals surface area contributed by atoms with E-state index in [0.29, 0.717) is 6.04 Å². The summed E-state index contributed by atoms with van der Waals surface area (Å²) in [7, 11) is 0. The molecule has 0 aliphatic carbocycles. The lowest BCUT2D eigenvalue weighted by molar-refractivity contribution is 0.201. The number of benzene rings is 4. The molecule has 0 unspecified atom stereocenters. The second-order valence-corrected chi connectivity index (χ2v) is 13.8. The summed E-state index contributed by atoms with van der Waals surface area (Å²) in [6.45, 7) is 17.2. The molecule has 4 heteroatoms. The van der Waals surface area contributed by atoms with E-state index in [1.165, 1.54) is 66.9 Å². The molecule has 1 fully saturated rings. The van der Waals surface area contributed by atoms with E-state index in [1.54, 1.807) is 0 Å². The van der Waals surface area contributed by atoms with E-state index < -0.39 is 0 Å². The zero-order valence-corrected chi connectivity index (χ0v) is 29.0. The van der Waals surface area contributed by atoms with Gasteiger partial charge in [-0.25, -0.2) is 0 Å². The first-order valence-corrected chi connectivity index (χ1v) is 17.0. The summed E-state index contributed by atoms with van der Waals surface area (Å²) in [6, 6.07) is 31.5. The van der Waals surface area contributed by atoms with Crippen molar-refractivity contribution in [2.24, 2.45) is 0 Å². The molecule has 0 spiro atoms. The highest BCUT2D eigenvalue weighted by molar-refractivity contribution is 6.30. The Kier molecular flexibility index (Phi) is 9.63. The molecule has 3 nitrogen and oxygen atoms in total. The fraction of sp³-hybridized carbons (Fsp3) is 0.310. The van der Waals surface area contributed by atoms with Gasteiger partial charge in [0.05, 0.1) is 5.69 Å². The molecule has 1 aromatic heterocycles. The largest absolute Gasteiger partial charge is 0.364 e. The van der Waals surface area contributed by atoms with Crippen LogP contribution in [0.15, 0.2) is 91.1 Å². The Hall–Kier alpha value is -3.92. The van der Waals surface area contributed by atoms with E-state index in [9.17, 15) is 0 Å². The van der Waals surface area contributed by atoms with Gasteiger partial charge in [-0.2, -0.15) is 0 Å². The molecule has 5 aromatic rings. The van der Waals surface area contributed by atoms with Crippen LogP contribution in [0, 0.1) is 41.5 Å². The highest BCUT2D eigenvalue weighted by Crippen LogP contribution is 2.31. The number of nitrogens with zero attached hydrogens (tertiary/aromatic N) is 3. The summed E-state index contributed by atoms with van der Waals surface area (Å²) >= 11 is 6.32. The average Bonchev–Trinajstić information content (AvgIpc) is 3.06. The fourth-order valence-electron chi connectivity index (χ4n) is 6.87. The molecule has 0 amide bonds. The highest BCUT2D eigenvalue weighted by Gasteiger charge is 2.26. The molecule has 6 rings (SSSR count). The normalized spacial score (nSPS) is 14.1. The van der Waals surface area contributed by atoms with Crippen LogP contribution in [0.5, 0.6) is 0 Å². The van der Waals surface area contributed by atoms with E-state index in [2.05, 4.69) is 124 Å². The summed E-state index contributed by atoms with van der Waals surface area (Å²) in [5.74, 6) is 0. The van der Waals surface area contributed by atoms with Crippen LogP contribution in [-0.2, 0) is 13.1 Å². The van der Waals surface area contributed by atoms with Crippen LogP contribution >= 0.6 is 11.6 Å². The van der Waals surface area contributed by atoms with Crippen molar-refractivity contribution in [3.8, 4) is 22.4 Å². The van der Waals surface area contributed by atoms with Crippen molar-refractivity contribution >= 4 is 17.3 Å². The Morgan fingerprint density at radius 3 is 1.91 bits per heavy atom. The van der Waals surface area contributed by atoms with Gasteiger partial charge < -0.3 is 4.90 Å². The van der Waals surface area contributed by atoms with Crippen molar-refractivity contribution in [3.63, 3.8) is 0 Å². The van der Waals surface area contributed by atoms with Gasteiger partial charge in [0.2, 0.25) is 0 Å². The maximum absolute atomic E-state index is 6.32. The third-order valence-corrected chi connectivity index (χ3v) is 10.4. The minimum absolute atomic E-state index is 0.447. The van der Waals surface area contributed by atoms with Gasteiger partial charge in [-0.1, -0.05) is 41.9 Å². The van der Waals surface area contributed by atoms with Crippen LogP contribution in [0.3, 0.4) is 0 Å². The minimum Gasteiger partial charge on any atom is -0.364 e. The van der Waals surface area contributed by atoms with E-state index >= 15 is 0 Å². The molecular weight excluding hydrogens is 582 g/mol. The number of rotatable bonds is 8. The molecule has 46 heavy (non-hydrogen) atoms. The Labute approximate surface area is 280 Å². The van der Waals surface area contributed by atoms with Crippen molar-refractivity contribution < 1.29 is 0 Å². The van der Waals surface area contributed by atoms with E-state index in [4.69, 9.17) is 16.6 Å². The molecule has 0 bridgehead atoms. The lowest BCUT2D eigenvalue weighted by Gasteiger charge is -2.40. The minimum atomic E-state index is 0.447. The first-order valence-electron chi connectivity index (χ1n) is 16.6. The predicted octanol–water partition coefficient (Wildman–Crippen LogP) is 10.6. The van der Waals surface area contributed by atoms with Crippen molar-refractivity contribution in [1.29, 1.82) is 0 Å². The number of hydrogen-bond donors (Lipinski definition) is 0. The summed E-state index contributed by atoms with van der Waals surface area (Å²) in [4.78, 5) is 9.97. The second-order valence-electron chi connectivity index (χ2n) is 13.3. The molecule has 0 atom stereocenters. The van der Waals surface area contributed by atoms with Gasteiger partial charge in [-0.15, -0.1) is 0 Å². The molecule has 0 saturated carbocycles. The molecule has 236 valence electrons. The van der Waals surface area contributed by atoms with Gasteiger partial charge in [0.25, 0.3) is 0 Å². The van der Waals surface area contributed by atoms with Gasteiger partial charge >= 0.3 is 0 Å². The molecule has 0 radical (unpaired) electrons. The summed E-state index contributed by atoms with van der Waals surface area (Å²) < 4.78 is 0. The number of pyridine rings is 1. The Morgan fingerprint density at radius 2 is 1.28 bits per heavy atom. The quantitative estimate of drug-likeness (QED) is 0.171. The summed E-state index contributed by atoms with van der Waals surface area (Å²) in [5, 5.41) is 0.771. The van der Waals surface area contributed by atoms with Crippen molar-refractivity contribution in [3.05, 3.63) is 141 Å². The maximum Gasteiger partial charge on any atom is 0.0705 e. The van der Waals surface area contributed by atoms with Gasteiger partial charge in [-0.05, 0) is 165 Å². The third kappa shape index (κ3) is 7.22. The average molecular weight is 628 g/mol. The Bertz CT molecular complexity index is 1790. The van der Waals surface area contributed by atoms with Crippen LogP contribution in [0.1, 0.15) is 57.3 Å². The molecule has 4 aromatic carbocycles. The molecule has 1 saturated heterocycles. The van der Waals surface area contributed by atoms with Crippen molar-refractivity contribution in [1.82, 2.24) is 9.88 Å². The number of anilines is 1. The lowest BCUT2D eigenvalue weighted by Crippen LogP contribution is -2.44. The number of aryl methyl sites for hydroxylation is 4. The third-order valence-electron chi connectivity index (χ3n) is 10.1. The number of piperidine rings is 1. The first-order chi connectivity index (χ1) is 22.1. The van der Waals surface area contributed by atoms with E-state index in [0.717, 1.165) is 49.7 Å². The van der Waals surface area contributed by atoms with Crippen molar-refractivity contribution in [2.45, 2.75) is 73.5 Å². The standard InChI is InChI=1S/C42H46ClN3/c1-28-20-37(21-29(2)32(28)5)36-9-7-8-34(24-36)26-45-18-15-41(16-19-45)46(40-12-10-39(43)11-13-40)27-35-14-17-44-42(25-35)38-22-30(3)33(6)31(4)23-38/h7-14,17,20-25,41H,15-16,18-19,26-27H2,1-6H3. The monoisotopic (exact) mass is 627 g/mol. The van der Waals surface area contributed by atoms with Crippen LogP contribution in [-0.4, -0.2) is 29.0 Å². The van der Waals surface area contributed by atoms with Crippen molar-refractivity contribution in [2.75, 3.05) is 18.0 Å². The zero-order chi connectivity index (χ0) is 32.4. The van der Waals surface area contributed by atoms with Crippen LogP contribution in [0.25, 0.3) is 22.4 Å². The topological polar surface area (TPSA) is 19.4 Å². The molecule has 2 heterocycles. The van der Waals surface area contributed by atoms with Gasteiger partial charge in [-0.3, -0.25) is 9.88 Å². The Morgan fingerprint density at radius 1 is 0.674 bits per heavy atom. The van der Waals surface area contributed by atoms with E-state index in [1.807, 2.05) is 18.3 Å². The van der Waals surface area contributed by atoms with Crippen LogP contribution in [0.4, 0.5) is 5.69 Å². The number of aromatic nitrogens is 1. The molecule has 1 aliphatic rings. The fourth-order valence-corrected chi connectivity index (χ4v) is 7.00. The van der Waals surface area contributed by atoms with Gasteiger partial charge in [0, 0.05) is 54.7 Å². The number of likely N-dealkylation sites (tertiary alicyclic amines) is 1. The molecular formula is C42H46ClN3. The SMILES string of the molecule is Cc1cc(-c2cccc(CN3CCC(N(Cc4ccnc(-c5cc(C)c(C)c(C)c5)c4)c4ccc(Cl)cc4)CC3)c2)cc(C)c1C. The van der Waals surface area contributed by atoms with Crippen LogP contribution < -0.4 is 4.90 Å². The lowest BCUT2D eigenvalue weighted by atomic mass is 9.95. The highest BCUT2D eigenvalue weighted by atomic mass is 35.5. The summed E-state index contributed by atoms with van der Waals surface area (Å²) in [5.41, 5.74) is 16.8. The zero-order valence-electron chi connectivity index (χ0n) is 28.2. The van der Waals surface area contributed by atoms with Gasteiger partial charge in [0.15, 0.2) is 0 Å². The smallest absolute Gasteiger partial charge is 0.0705 e.